The van der Waals surface area contributed by atoms with Crippen molar-refractivity contribution in [3.05, 3.63) is 57.8 Å². The Labute approximate surface area is 162 Å². The van der Waals surface area contributed by atoms with E-state index in [1.807, 2.05) is 12.1 Å². The quantitative estimate of drug-likeness (QED) is 0.604. The summed E-state index contributed by atoms with van der Waals surface area (Å²) in [5, 5.41) is 0. The molecule has 0 aromatic carbocycles. The molecule has 0 nitrogen and oxygen atoms in total. The van der Waals surface area contributed by atoms with Crippen molar-refractivity contribution in [2.24, 2.45) is 5.92 Å². The zero-order valence-corrected chi connectivity index (χ0v) is 16.0. The van der Waals surface area contributed by atoms with E-state index in [2.05, 4.69) is 12.2 Å². The van der Waals surface area contributed by atoms with Crippen molar-refractivity contribution >= 4 is 37.4 Å². The van der Waals surface area contributed by atoms with Gasteiger partial charge in [0, 0.05) is 4.88 Å². The van der Waals surface area contributed by atoms with Crippen LogP contribution in [-0.4, -0.2) is 15.7 Å². The van der Waals surface area contributed by atoms with Gasteiger partial charge >= 0.3 is 0 Å². The molecule has 1 aromatic heterocycles. The molecule has 130 valence electrons. The predicted molar refractivity (Wildman–Crippen MR) is 112 cm³/mol. The van der Waals surface area contributed by atoms with Crippen LogP contribution in [0.3, 0.4) is 0 Å². The molecule has 0 bridgehead atoms. The molecule has 0 spiro atoms. The first-order valence-corrected chi connectivity index (χ1v) is 10.5. The van der Waals surface area contributed by atoms with Crippen LogP contribution in [0, 0.1) is 5.92 Å². The Morgan fingerprint density at radius 1 is 0.923 bits per heavy atom. The molecule has 3 aliphatic carbocycles. The van der Waals surface area contributed by atoms with Crippen molar-refractivity contribution < 1.29 is 4.39 Å². The van der Waals surface area contributed by atoms with Crippen LogP contribution in [0.15, 0.2) is 52.9 Å². The van der Waals surface area contributed by atoms with Crippen LogP contribution in [0.4, 0.5) is 4.39 Å². The van der Waals surface area contributed by atoms with Gasteiger partial charge in [-0.2, -0.15) is 11.3 Å². The molecule has 4 rings (SSSR count). The molecule has 1 saturated carbocycles. The van der Waals surface area contributed by atoms with E-state index in [4.69, 9.17) is 15.7 Å². The molecule has 0 atom stereocenters. The first kappa shape index (κ1) is 18.1. The minimum atomic E-state index is -0.0649. The highest BCUT2D eigenvalue weighted by atomic mass is 32.1. The van der Waals surface area contributed by atoms with Crippen LogP contribution >= 0.6 is 11.3 Å². The van der Waals surface area contributed by atoms with Gasteiger partial charge in [-0.05, 0) is 78.1 Å². The molecule has 1 aromatic rings. The molecule has 4 heteroatoms. The minimum Gasteiger partial charge on any atom is -0.207 e. The van der Waals surface area contributed by atoms with Gasteiger partial charge in [0.1, 0.15) is 13.7 Å². The van der Waals surface area contributed by atoms with E-state index in [9.17, 15) is 4.39 Å². The fourth-order valence-corrected chi connectivity index (χ4v) is 5.28. The van der Waals surface area contributed by atoms with Crippen molar-refractivity contribution in [3.8, 4) is 0 Å². The lowest BCUT2D eigenvalue weighted by molar-refractivity contribution is 0.394. The third-order valence-electron chi connectivity index (χ3n) is 6.04. The lowest BCUT2D eigenvalue weighted by atomic mass is 9.69. The first-order chi connectivity index (χ1) is 12.6. The molecule has 1 fully saturated rings. The van der Waals surface area contributed by atoms with Gasteiger partial charge in [0.2, 0.25) is 0 Å². The largest absolute Gasteiger partial charge is 0.207 e. The van der Waals surface area contributed by atoms with Crippen molar-refractivity contribution in [1.29, 1.82) is 0 Å². The monoisotopic (exact) mass is 360 g/mol. The Hall–Kier alpha value is -1.28. The first-order valence-electron chi connectivity index (χ1n) is 9.70. The highest BCUT2D eigenvalue weighted by Crippen LogP contribution is 2.41. The second kappa shape index (κ2) is 7.76. The van der Waals surface area contributed by atoms with Crippen LogP contribution in [0.2, 0.25) is 5.82 Å². The number of hydrogen-bond acceptors (Lipinski definition) is 1. The number of rotatable bonds is 3. The Bertz CT molecular complexity index is 804. The Balaban J connectivity index is 1.50. The summed E-state index contributed by atoms with van der Waals surface area (Å²) in [4.78, 5) is 1.09. The molecule has 0 saturated heterocycles. The van der Waals surface area contributed by atoms with E-state index in [1.54, 1.807) is 11.6 Å². The third-order valence-corrected chi connectivity index (χ3v) is 7.03. The van der Waals surface area contributed by atoms with Gasteiger partial charge in [-0.3, -0.25) is 0 Å². The molecule has 0 amide bonds. The topological polar surface area (TPSA) is 0 Å². The summed E-state index contributed by atoms with van der Waals surface area (Å²) in [6.45, 7) is 0. The highest BCUT2D eigenvalue weighted by molar-refractivity contribution is 7.20. The lowest BCUT2D eigenvalue weighted by Crippen LogP contribution is -2.15. The van der Waals surface area contributed by atoms with E-state index in [1.165, 1.54) is 29.8 Å². The van der Waals surface area contributed by atoms with E-state index >= 15 is 0 Å². The van der Waals surface area contributed by atoms with Gasteiger partial charge in [0.05, 0.1) is 7.85 Å². The SMILES string of the molecule is [B]c1ccc(C2=CC(F)=C(C3=CC=C(C4CCC([B])CC4)CC3)CC2)s1. The molecule has 4 radical (unpaired) electrons. The van der Waals surface area contributed by atoms with Crippen LogP contribution < -0.4 is 4.78 Å². The van der Waals surface area contributed by atoms with Gasteiger partial charge in [0.15, 0.2) is 0 Å². The zero-order valence-electron chi connectivity index (χ0n) is 15.1. The Kier molecular flexibility index (Phi) is 5.40. The molecule has 3 aliphatic rings. The fraction of sp³-hybridized carbons (Fsp3) is 0.455. The van der Waals surface area contributed by atoms with Crippen LogP contribution in [-0.2, 0) is 0 Å². The average Bonchev–Trinajstić information content (AvgIpc) is 3.09. The van der Waals surface area contributed by atoms with E-state index < -0.39 is 0 Å². The molecule has 0 N–H and O–H groups in total. The van der Waals surface area contributed by atoms with Gasteiger partial charge in [-0.15, -0.1) is 0 Å². The summed E-state index contributed by atoms with van der Waals surface area (Å²) in [6, 6.07) is 3.89. The molecule has 0 unspecified atom stereocenters. The summed E-state index contributed by atoms with van der Waals surface area (Å²) in [7, 11) is 11.8. The summed E-state index contributed by atoms with van der Waals surface area (Å²) in [5.74, 6) is 1.02. The molecular formula is C22H23B2FS. The van der Waals surface area contributed by atoms with Crippen molar-refractivity contribution in [1.82, 2.24) is 0 Å². The number of hydrogen-bond donors (Lipinski definition) is 0. The third kappa shape index (κ3) is 3.86. The van der Waals surface area contributed by atoms with E-state index in [0.717, 1.165) is 59.3 Å². The maximum atomic E-state index is 14.8. The van der Waals surface area contributed by atoms with Crippen molar-refractivity contribution in [3.63, 3.8) is 0 Å². The molecule has 0 aliphatic heterocycles. The summed E-state index contributed by atoms with van der Waals surface area (Å²) < 4.78 is 15.6. The molecular weight excluding hydrogens is 337 g/mol. The lowest BCUT2D eigenvalue weighted by Gasteiger charge is -2.30. The van der Waals surface area contributed by atoms with E-state index in [-0.39, 0.29) is 5.83 Å². The fourth-order valence-electron chi connectivity index (χ4n) is 4.46. The standard InChI is InChI=1S/C22H23B2FS/c23-18-8-5-15(6-9-18)14-1-3-16(4-2-14)19-10-7-17(13-20(19)25)21-11-12-22(24)26-21/h1,3,11-13,15,18H,2,4-10H2. The predicted octanol–water partition coefficient (Wildman–Crippen LogP) is 5.74. The highest BCUT2D eigenvalue weighted by Gasteiger charge is 2.24. The smallest absolute Gasteiger partial charge is 0.128 e. The second-order valence-corrected chi connectivity index (χ2v) is 8.86. The summed E-state index contributed by atoms with van der Waals surface area (Å²) in [6.07, 6.45) is 14.5. The maximum absolute atomic E-state index is 14.8. The Morgan fingerprint density at radius 3 is 2.31 bits per heavy atom. The summed E-state index contributed by atoms with van der Waals surface area (Å²) in [5.41, 5.74) is 4.70. The summed E-state index contributed by atoms with van der Waals surface area (Å²) >= 11 is 1.54. The minimum absolute atomic E-state index is 0.0649. The number of thiophene rings is 1. The average molecular weight is 360 g/mol. The number of allylic oxidation sites excluding steroid dienone is 8. The molecule has 26 heavy (non-hydrogen) atoms. The van der Waals surface area contributed by atoms with Gasteiger partial charge < -0.3 is 0 Å². The van der Waals surface area contributed by atoms with E-state index in [0.29, 0.717) is 11.7 Å². The van der Waals surface area contributed by atoms with Gasteiger partial charge in [-0.1, -0.05) is 42.5 Å². The zero-order chi connectivity index (χ0) is 18.1. The van der Waals surface area contributed by atoms with Gasteiger partial charge in [-0.25, -0.2) is 4.39 Å². The Morgan fingerprint density at radius 2 is 1.69 bits per heavy atom. The normalized spacial score (nSPS) is 27.0. The van der Waals surface area contributed by atoms with Crippen LogP contribution in [0.5, 0.6) is 0 Å². The van der Waals surface area contributed by atoms with Crippen molar-refractivity contribution in [2.45, 2.75) is 57.2 Å². The van der Waals surface area contributed by atoms with Gasteiger partial charge in [0.25, 0.3) is 0 Å². The van der Waals surface area contributed by atoms with Crippen LogP contribution in [0.25, 0.3) is 5.57 Å². The molecule has 1 heterocycles. The van der Waals surface area contributed by atoms with Crippen molar-refractivity contribution in [2.75, 3.05) is 0 Å². The maximum Gasteiger partial charge on any atom is 0.128 e. The second-order valence-electron chi connectivity index (χ2n) is 7.74. The number of halogens is 1. The van der Waals surface area contributed by atoms with Crippen LogP contribution in [0.1, 0.15) is 56.2 Å².